The van der Waals surface area contributed by atoms with E-state index in [1.807, 2.05) is 25.6 Å². The van der Waals surface area contributed by atoms with Gasteiger partial charge in [0.1, 0.15) is 5.25 Å². The molecule has 0 spiro atoms. The lowest BCUT2D eigenvalue weighted by Gasteiger charge is -2.28. The lowest BCUT2D eigenvalue weighted by atomic mass is 10.0. The van der Waals surface area contributed by atoms with Crippen molar-refractivity contribution in [3.8, 4) is 0 Å². The predicted molar refractivity (Wildman–Crippen MR) is 89.9 cm³/mol. The van der Waals surface area contributed by atoms with Crippen molar-refractivity contribution < 1.29 is 13.2 Å². The smallest absolute Gasteiger partial charge is 0.241 e. The quantitative estimate of drug-likeness (QED) is 0.839. The molecule has 1 amide bonds. The van der Waals surface area contributed by atoms with Crippen LogP contribution in [-0.4, -0.2) is 46.1 Å². The molecule has 2 unspecified atom stereocenters. The van der Waals surface area contributed by atoms with Gasteiger partial charge in [-0.3, -0.25) is 9.48 Å². The molecule has 7 heteroatoms. The van der Waals surface area contributed by atoms with E-state index in [4.69, 9.17) is 0 Å². The molecule has 1 saturated heterocycles. The number of amides is 1. The first-order valence-corrected chi connectivity index (χ1v) is 9.73. The molecule has 2 rings (SSSR count). The van der Waals surface area contributed by atoms with Crippen molar-refractivity contribution in [1.82, 2.24) is 14.7 Å². The van der Waals surface area contributed by atoms with Crippen LogP contribution in [0.3, 0.4) is 0 Å². The van der Waals surface area contributed by atoms with E-state index in [9.17, 15) is 13.2 Å². The van der Waals surface area contributed by atoms with Gasteiger partial charge >= 0.3 is 0 Å². The van der Waals surface area contributed by atoms with Gasteiger partial charge in [-0.2, -0.15) is 5.10 Å². The fraction of sp³-hybridized carbons (Fsp3) is 0.750. The minimum absolute atomic E-state index is 0.0685. The normalized spacial score (nSPS) is 20.3. The van der Waals surface area contributed by atoms with Crippen LogP contribution < -0.4 is 0 Å². The Labute approximate surface area is 138 Å². The second-order valence-corrected chi connectivity index (χ2v) is 9.51. The first-order chi connectivity index (χ1) is 10.6. The minimum Gasteiger partial charge on any atom is -0.334 e. The third kappa shape index (κ3) is 3.03. The molecule has 130 valence electrons. The number of hydrogen-bond donors (Lipinski definition) is 0. The summed E-state index contributed by atoms with van der Waals surface area (Å²) in [4.78, 5) is 14.6. The van der Waals surface area contributed by atoms with E-state index in [2.05, 4.69) is 5.10 Å². The topological polar surface area (TPSA) is 72.3 Å². The number of rotatable bonds is 4. The van der Waals surface area contributed by atoms with Crippen molar-refractivity contribution in [2.45, 2.75) is 64.0 Å². The van der Waals surface area contributed by atoms with Crippen LogP contribution in [-0.2, 0) is 21.7 Å². The third-order valence-electron chi connectivity index (χ3n) is 4.93. The third-order valence-corrected chi connectivity index (χ3v) is 7.43. The van der Waals surface area contributed by atoms with Crippen molar-refractivity contribution in [1.29, 1.82) is 0 Å². The molecule has 0 aromatic carbocycles. The Morgan fingerprint density at radius 1 is 1.26 bits per heavy atom. The Bertz CT molecular complexity index is 706. The monoisotopic (exact) mass is 341 g/mol. The second kappa shape index (κ2) is 6.26. The van der Waals surface area contributed by atoms with Crippen molar-refractivity contribution in [2.24, 2.45) is 7.05 Å². The molecule has 0 saturated carbocycles. The Morgan fingerprint density at radius 3 is 2.35 bits per heavy atom. The van der Waals surface area contributed by atoms with Gasteiger partial charge in [0.05, 0.1) is 17.0 Å². The molecule has 6 nitrogen and oxygen atoms in total. The zero-order valence-corrected chi connectivity index (χ0v) is 15.6. The summed E-state index contributed by atoms with van der Waals surface area (Å²) in [6.07, 6.45) is 1.74. The average molecular weight is 341 g/mol. The molecule has 0 radical (unpaired) electrons. The van der Waals surface area contributed by atoms with Gasteiger partial charge in [0.15, 0.2) is 9.84 Å². The highest BCUT2D eigenvalue weighted by Gasteiger charge is 2.40. The first kappa shape index (κ1) is 18.0. The van der Waals surface area contributed by atoms with Gasteiger partial charge in [-0.1, -0.05) is 0 Å². The summed E-state index contributed by atoms with van der Waals surface area (Å²) in [6.45, 7) is 9.29. The summed E-state index contributed by atoms with van der Waals surface area (Å²) in [5, 5.41) is 2.88. The van der Waals surface area contributed by atoms with Crippen LogP contribution in [0.5, 0.6) is 0 Å². The maximum absolute atomic E-state index is 12.8. The Kier molecular flexibility index (Phi) is 4.89. The van der Waals surface area contributed by atoms with Gasteiger partial charge < -0.3 is 4.90 Å². The van der Waals surface area contributed by atoms with Crippen LogP contribution in [0, 0.1) is 13.8 Å². The molecular formula is C16H27N3O3S. The van der Waals surface area contributed by atoms with E-state index in [0.29, 0.717) is 6.54 Å². The van der Waals surface area contributed by atoms with Crippen LogP contribution in [0.25, 0.3) is 0 Å². The first-order valence-electron chi connectivity index (χ1n) is 8.12. The lowest BCUT2D eigenvalue weighted by Crippen LogP contribution is -2.43. The van der Waals surface area contributed by atoms with Gasteiger partial charge in [0.2, 0.25) is 5.91 Å². The summed E-state index contributed by atoms with van der Waals surface area (Å²) in [7, 11) is -1.56. The summed E-state index contributed by atoms with van der Waals surface area (Å²) < 4.78 is 26.5. The number of likely N-dealkylation sites (tertiary alicyclic amines) is 1. The van der Waals surface area contributed by atoms with Gasteiger partial charge in [-0.25, -0.2) is 8.42 Å². The van der Waals surface area contributed by atoms with Crippen LogP contribution in [0.2, 0.25) is 0 Å². The SMILES string of the molecule is Cc1nn(C)c(C)c1C1CCCN1C(=O)C(C)S(=O)(=O)C(C)C. The van der Waals surface area contributed by atoms with E-state index in [0.717, 1.165) is 29.8 Å². The van der Waals surface area contributed by atoms with Crippen molar-refractivity contribution in [3.63, 3.8) is 0 Å². The molecule has 23 heavy (non-hydrogen) atoms. The highest BCUT2D eigenvalue weighted by Crippen LogP contribution is 2.36. The highest BCUT2D eigenvalue weighted by atomic mass is 32.2. The number of nitrogens with zero attached hydrogens (tertiary/aromatic N) is 3. The van der Waals surface area contributed by atoms with Crippen molar-refractivity contribution in [2.75, 3.05) is 6.54 Å². The highest BCUT2D eigenvalue weighted by molar-refractivity contribution is 7.93. The van der Waals surface area contributed by atoms with Crippen LogP contribution in [0.15, 0.2) is 0 Å². The number of carbonyl (C=O) groups excluding carboxylic acids is 1. The fourth-order valence-electron chi connectivity index (χ4n) is 3.39. The largest absolute Gasteiger partial charge is 0.334 e. The van der Waals surface area contributed by atoms with Gasteiger partial charge in [-0.15, -0.1) is 0 Å². The maximum Gasteiger partial charge on any atom is 0.241 e. The molecule has 2 heterocycles. The summed E-state index contributed by atoms with van der Waals surface area (Å²) in [5.41, 5.74) is 3.01. The Hall–Kier alpha value is -1.37. The maximum atomic E-state index is 12.8. The standard InChI is InChI=1S/C16H27N3O3S/c1-10(2)23(21,22)13(5)16(20)19-9-7-8-14(19)15-11(3)17-18(6)12(15)4/h10,13-14H,7-9H2,1-6H3. The predicted octanol–water partition coefficient (Wildman–Crippen LogP) is 1.91. The summed E-state index contributed by atoms with van der Waals surface area (Å²) in [5.74, 6) is -0.288. The zero-order chi connectivity index (χ0) is 17.5. The van der Waals surface area contributed by atoms with E-state index in [1.165, 1.54) is 6.92 Å². The van der Waals surface area contributed by atoms with E-state index in [-0.39, 0.29) is 11.9 Å². The molecular weight excluding hydrogens is 314 g/mol. The van der Waals surface area contributed by atoms with Crippen LogP contribution in [0.4, 0.5) is 0 Å². The number of carbonyl (C=O) groups is 1. The molecule has 1 aliphatic heterocycles. The number of hydrogen-bond acceptors (Lipinski definition) is 4. The summed E-state index contributed by atoms with van der Waals surface area (Å²) in [6, 6.07) is -0.0685. The minimum atomic E-state index is -3.45. The second-order valence-electron chi connectivity index (χ2n) is 6.68. The fourth-order valence-corrected chi connectivity index (χ4v) is 4.62. The zero-order valence-electron chi connectivity index (χ0n) is 14.8. The van der Waals surface area contributed by atoms with Gasteiger partial charge in [0, 0.05) is 24.8 Å². The van der Waals surface area contributed by atoms with Crippen molar-refractivity contribution >= 4 is 15.7 Å². The van der Waals surface area contributed by atoms with E-state index >= 15 is 0 Å². The Balaban J connectivity index is 2.34. The molecule has 1 aromatic rings. The molecule has 1 aromatic heterocycles. The Morgan fingerprint density at radius 2 is 1.87 bits per heavy atom. The van der Waals surface area contributed by atoms with Crippen LogP contribution in [0.1, 0.15) is 56.6 Å². The lowest BCUT2D eigenvalue weighted by molar-refractivity contribution is -0.131. The molecule has 0 aliphatic carbocycles. The molecule has 1 fully saturated rings. The number of sulfone groups is 1. The number of aryl methyl sites for hydroxylation is 2. The van der Waals surface area contributed by atoms with E-state index < -0.39 is 20.3 Å². The number of aromatic nitrogens is 2. The summed E-state index contributed by atoms with van der Waals surface area (Å²) >= 11 is 0. The van der Waals surface area contributed by atoms with Crippen molar-refractivity contribution in [3.05, 3.63) is 17.0 Å². The van der Waals surface area contributed by atoms with E-state index in [1.54, 1.807) is 18.7 Å². The van der Waals surface area contributed by atoms with Crippen LogP contribution >= 0.6 is 0 Å². The van der Waals surface area contributed by atoms with Gasteiger partial charge in [-0.05, 0) is 47.5 Å². The van der Waals surface area contributed by atoms with Gasteiger partial charge in [0.25, 0.3) is 0 Å². The molecule has 1 aliphatic rings. The molecule has 2 atom stereocenters. The average Bonchev–Trinajstić information content (AvgIpc) is 3.02. The molecule has 0 N–H and O–H groups in total. The molecule has 0 bridgehead atoms.